The van der Waals surface area contributed by atoms with Gasteiger partial charge in [0, 0.05) is 19.6 Å². The van der Waals surface area contributed by atoms with E-state index >= 15 is 0 Å². The molecule has 1 aromatic carbocycles. The summed E-state index contributed by atoms with van der Waals surface area (Å²) >= 11 is 0. The number of amides is 2. The van der Waals surface area contributed by atoms with E-state index < -0.39 is 0 Å². The third-order valence-electron chi connectivity index (χ3n) is 3.90. The van der Waals surface area contributed by atoms with Gasteiger partial charge in [0.1, 0.15) is 5.52 Å². The predicted octanol–water partition coefficient (Wildman–Crippen LogP) is 0.866. The first-order valence-electron chi connectivity index (χ1n) is 6.42. The highest BCUT2D eigenvalue weighted by Crippen LogP contribution is 2.25. The van der Waals surface area contributed by atoms with E-state index in [-0.39, 0.29) is 12.1 Å². The monoisotopic (exact) mass is 258 g/mol. The van der Waals surface area contributed by atoms with Gasteiger partial charge in [0.05, 0.1) is 12.1 Å². The molecule has 2 amide bonds. The zero-order valence-corrected chi connectivity index (χ0v) is 10.3. The highest BCUT2D eigenvalue weighted by molar-refractivity contribution is 5.79. The van der Waals surface area contributed by atoms with Crippen molar-refractivity contribution in [2.75, 3.05) is 19.6 Å². The molecule has 19 heavy (non-hydrogen) atoms. The molecule has 2 aromatic rings. The van der Waals surface area contributed by atoms with Crippen molar-refractivity contribution in [3.63, 3.8) is 0 Å². The molecule has 6 nitrogen and oxygen atoms in total. The molecule has 0 aliphatic carbocycles. The summed E-state index contributed by atoms with van der Waals surface area (Å²) in [5, 5.41) is 6.21. The number of nitrogens with zero attached hydrogens (tertiary/aromatic N) is 2. The molecular formula is C13H14N4O2. The van der Waals surface area contributed by atoms with Gasteiger partial charge in [0.2, 0.25) is 0 Å². The maximum atomic E-state index is 12.0. The second-order valence-corrected chi connectivity index (χ2v) is 5.05. The van der Waals surface area contributed by atoms with Crippen LogP contribution in [-0.4, -0.2) is 41.6 Å². The third kappa shape index (κ3) is 1.67. The Labute approximate surface area is 109 Å². The standard InChI is InChI=1S/C13H14N4O2/c18-13-16-11(6-17(13)9-4-14-5-9)8-1-2-10-12(3-8)19-7-15-10/h1-3,7,9,11,14H,4-6H2,(H,16,18). The number of urea groups is 1. The molecule has 0 saturated carbocycles. The predicted molar refractivity (Wildman–Crippen MR) is 68.6 cm³/mol. The van der Waals surface area contributed by atoms with E-state index in [2.05, 4.69) is 15.6 Å². The summed E-state index contributed by atoms with van der Waals surface area (Å²) in [7, 11) is 0. The number of rotatable bonds is 2. The SMILES string of the molecule is O=C1NC(c2ccc3ncoc3c2)CN1C1CNC1. The second kappa shape index (κ2) is 3.96. The molecule has 2 aliphatic rings. The van der Waals surface area contributed by atoms with Gasteiger partial charge in [-0.3, -0.25) is 0 Å². The number of hydrogen-bond acceptors (Lipinski definition) is 4. The van der Waals surface area contributed by atoms with Crippen LogP contribution in [0.5, 0.6) is 0 Å². The first kappa shape index (κ1) is 10.8. The van der Waals surface area contributed by atoms with Crippen molar-refractivity contribution in [1.82, 2.24) is 20.5 Å². The fourth-order valence-electron chi connectivity index (χ4n) is 2.64. The average molecular weight is 258 g/mol. The molecule has 6 heteroatoms. The van der Waals surface area contributed by atoms with Crippen LogP contribution in [0.3, 0.4) is 0 Å². The molecule has 2 N–H and O–H groups in total. The number of hydrogen-bond donors (Lipinski definition) is 2. The van der Waals surface area contributed by atoms with Crippen LogP contribution in [-0.2, 0) is 0 Å². The van der Waals surface area contributed by atoms with Gasteiger partial charge in [0.15, 0.2) is 12.0 Å². The molecule has 98 valence electrons. The lowest BCUT2D eigenvalue weighted by atomic mass is 10.1. The van der Waals surface area contributed by atoms with Crippen LogP contribution in [0.1, 0.15) is 11.6 Å². The molecule has 1 aromatic heterocycles. The van der Waals surface area contributed by atoms with Gasteiger partial charge in [0.25, 0.3) is 0 Å². The van der Waals surface area contributed by atoms with E-state index in [0.717, 1.165) is 29.8 Å². The summed E-state index contributed by atoms with van der Waals surface area (Å²) < 4.78 is 5.30. The summed E-state index contributed by atoms with van der Waals surface area (Å²) in [6, 6.07) is 6.26. The summed E-state index contributed by atoms with van der Waals surface area (Å²) in [6.07, 6.45) is 1.44. The van der Waals surface area contributed by atoms with Gasteiger partial charge in [-0.15, -0.1) is 0 Å². The Kier molecular flexibility index (Phi) is 2.25. The molecule has 2 saturated heterocycles. The number of carbonyl (C=O) groups excluding carboxylic acids is 1. The van der Waals surface area contributed by atoms with Gasteiger partial charge in [-0.05, 0) is 17.7 Å². The van der Waals surface area contributed by atoms with Crippen molar-refractivity contribution in [1.29, 1.82) is 0 Å². The van der Waals surface area contributed by atoms with E-state index in [0.29, 0.717) is 12.6 Å². The lowest BCUT2D eigenvalue weighted by molar-refractivity contribution is 0.172. The Morgan fingerprint density at radius 2 is 2.26 bits per heavy atom. The van der Waals surface area contributed by atoms with Gasteiger partial charge in [-0.2, -0.15) is 0 Å². The molecule has 0 spiro atoms. The number of nitrogens with one attached hydrogen (secondary N) is 2. The number of oxazole rings is 1. The Hall–Kier alpha value is -2.08. The van der Waals surface area contributed by atoms with Crippen LogP contribution in [0.4, 0.5) is 4.79 Å². The summed E-state index contributed by atoms with van der Waals surface area (Å²) in [6.45, 7) is 2.49. The largest absolute Gasteiger partial charge is 0.443 e. The lowest BCUT2D eigenvalue weighted by Crippen LogP contribution is -2.57. The highest BCUT2D eigenvalue weighted by atomic mass is 16.3. The fraction of sp³-hybridized carbons (Fsp3) is 0.385. The van der Waals surface area contributed by atoms with Crippen LogP contribution < -0.4 is 10.6 Å². The molecule has 1 atom stereocenters. The zero-order valence-electron chi connectivity index (χ0n) is 10.3. The summed E-state index contributed by atoms with van der Waals surface area (Å²) in [5.74, 6) is 0. The number of fused-ring (bicyclic) bond motifs is 1. The minimum atomic E-state index is 0.0224. The Balaban J connectivity index is 1.60. The Bertz CT molecular complexity index is 634. The first-order chi connectivity index (χ1) is 9.31. The summed E-state index contributed by atoms with van der Waals surface area (Å²) in [5.41, 5.74) is 2.66. The lowest BCUT2D eigenvalue weighted by Gasteiger charge is -2.34. The van der Waals surface area contributed by atoms with E-state index in [9.17, 15) is 4.79 Å². The molecule has 2 fully saturated rings. The van der Waals surface area contributed by atoms with Crippen molar-refractivity contribution in [3.8, 4) is 0 Å². The quantitative estimate of drug-likeness (QED) is 0.838. The summed E-state index contributed by atoms with van der Waals surface area (Å²) in [4.78, 5) is 18.0. The van der Waals surface area contributed by atoms with Crippen molar-refractivity contribution in [2.24, 2.45) is 0 Å². The molecule has 0 bridgehead atoms. The maximum absolute atomic E-state index is 12.0. The van der Waals surface area contributed by atoms with Crippen LogP contribution in [0.15, 0.2) is 29.0 Å². The molecule has 0 radical (unpaired) electrons. The minimum absolute atomic E-state index is 0.0224. The van der Waals surface area contributed by atoms with Crippen molar-refractivity contribution < 1.29 is 9.21 Å². The molecule has 1 unspecified atom stereocenters. The third-order valence-corrected chi connectivity index (χ3v) is 3.90. The van der Waals surface area contributed by atoms with E-state index in [1.165, 1.54) is 6.39 Å². The van der Waals surface area contributed by atoms with Crippen LogP contribution in [0.2, 0.25) is 0 Å². The first-order valence-corrected chi connectivity index (χ1v) is 6.42. The average Bonchev–Trinajstić information content (AvgIpc) is 2.93. The van der Waals surface area contributed by atoms with Gasteiger partial charge >= 0.3 is 6.03 Å². The van der Waals surface area contributed by atoms with E-state index in [1.807, 2.05) is 23.1 Å². The van der Waals surface area contributed by atoms with E-state index in [4.69, 9.17) is 4.42 Å². The Morgan fingerprint density at radius 3 is 3.05 bits per heavy atom. The maximum Gasteiger partial charge on any atom is 0.318 e. The van der Waals surface area contributed by atoms with Gasteiger partial charge in [-0.1, -0.05) is 6.07 Å². The Morgan fingerprint density at radius 1 is 1.37 bits per heavy atom. The van der Waals surface area contributed by atoms with Gasteiger partial charge < -0.3 is 20.0 Å². The van der Waals surface area contributed by atoms with Crippen molar-refractivity contribution in [2.45, 2.75) is 12.1 Å². The van der Waals surface area contributed by atoms with Crippen LogP contribution >= 0.6 is 0 Å². The van der Waals surface area contributed by atoms with Crippen molar-refractivity contribution in [3.05, 3.63) is 30.2 Å². The van der Waals surface area contributed by atoms with Crippen LogP contribution in [0, 0.1) is 0 Å². The fourth-order valence-corrected chi connectivity index (χ4v) is 2.64. The highest BCUT2D eigenvalue weighted by Gasteiger charge is 2.36. The minimum Gasteiger partial charge on any atom is -0.443 e. The molecule has 3 heterocycles. The van der Waals surface area contributed by atoms with Crippen LogP contribution in [0.25, 0.3) is 11.1 Å². The number of carbonyl (C=O) groups is 1. The zero-order chi connectivity index (χ0) is 12.8. The molecule has 4 rings (SSSR count). The van der Waals surface area contributed by atoms with Gasteiger partial charge in [-0.25, -0.2) is 9.78 Å². The molecular weight excluding hydrogens is 244 g/mol. The smallest absolute Gasteiger partial charge is 0.318 e. The number of benzene rings is 1. The van der Waals surface area contributed by atoms with Crippen molar-refractivity contribution >= 4 is 17.1 Å². The number of aromatic nitrogens is 1. The van der Waals surface area contributed by atoms with E-state index in [1.54, 1.807) is 0 Å². The second-order valence-electron chi connectivity index (χ2n) is 5.05. The molecule has 2 aliphatic heterocycles. The normalized spacial score (nSPS) is 23.7. The topological polar surface area (TPSA) is 70.4 Å².